The van der Waals surface area contributed by atoms with Crippen LogP contribution in [0.4, 0.5) is 20.2 Å². The topological polar surface area (TPSA) is 41.1 Å². The first-order valence-electron chi connectivity index (χ1n) is 6.52. The maximum Gasteiger partial charge on any atom is 0.221 e. The van der Waals surface area contributed by atoms with Crippen molar-refractivity contribution in [2.75, 3.05) is 10.6 Å². The number of carbonyl (C=O) groups is 1. The fourth-order valence-corrected chi connectivity index (χ4v) is 1.92. The molecular formula is C16H16F2N2O. The molecule has 110 valence electrons. The molecule has 0 unspecified atom stereocenters. The predicted octanol–water partition coefficient (Wildman–Crippen LogP) is 3.84. The van der Waals surface area contributed by atoms with Gasteiger partial charge in [0.1, 0.15) is 11.6 Å². The molecular weight excluding hydrogens is 274 g/mol. The molecule has 0 aliphatic heterocycles. The lowest BCUT2D eigenvalue weighted by Crippen LogP contribution is -2.08. The van der Waals surface area contributed by atoms with Gasteiger partial charge in [-0.1, -0.05) is 12.1 Å². The van der Waals surface area contributed by atoms with E-state index in [1.807, 2.05) is 19.1 Å². The molecule has 2 aromatic carbocycles. The number of benzene rings is 2. The molecule has 1 amide bonds. The summed E-state index contributed by atoms with van der Waals surface area (Å²) in [5, 5.41) is 5.78. The highest BCUT2D eigenvalue weighted by Crippen LogP contribution is 2.21. The Kier molecular flexibility index (Phi) is 4.52. The van der Waals surface area contributed by atoms with Gasteiger partial charge in [0.05, 0.1) is 0 Å². The normalized spacial score (nSPS) is 10.3. The van der Waals surface area contributed by atoms with E-state index in [0.29, 0.717) is 11.3 Å². The summed E-state index contributed by atoms with van der Waals surface area (Å²) in [5.74, 6) is -1.34. The van der Waals surface area contributed by atoms with Gasteiger partial charge in [-0.2, -0.15) is 0 Å². The van der Waals surface area contributed by atoms with Gasteiger partial charge < -0.3 is 10.6 Å². The van der Waals surface area contributed by atoms with Crippen LogP contribution in [0.3, 0.4) is 0 Å². The molecule has 2 rings (SSSR count). The lowest BCUT2D eigenvalue weighted by atomic mass is 10.1. The Labute approximate surface area is 122 Å². The number of hydrogen-bond acceptors (Lipinski definition) is 2. The maximum absolute atomic E-state index is 13.5. The highest BCUT2D eigenvalue weighted by molar-refractivity contribution is 5.90. The maximum atomic E-state index is 13.5. The number of rotatable bonds is 4. The first-order chi connectivity index (χ1) is 9.95. The van der Waals surface area contributed by atoms with Gasteiger partial charge in [0.15, 0.2) is 0 Å². The summed E-state index contributed by atoms with van der Waals surface area (Å²) in [6, 6.07) is 8.95. The minimum atomic E-state index is -0.598. The van der Waals surface area contributed by atoms with Crippen molar-refractivity contribution in [3.05, 3.63) is 59.2 Å². The molecule has 0 heterocycles. The van der Waals surface area contributed by atoms with Gasteiger partial charge in [-0.05, 0) is 30.7 Å². The van der Waals surface area contributed by atoms with Crippen LogP contribution in [0.1, 0.15) is 18.1 Å². The summed E-state index contributed by atoms with van der Waals surface area (Å²) in [7, 11) is 0. The molecule has 2 N–H and O–H groups in total. The van der Waals surface area contributed by atoms with Gasteiger partial charge in [-0.15, -0.1) is 0 Å². The average Bonchev–Trinajstić information content (AvgIpc) is 2.40. The first kappa shape index (κ1) is 15.0. The van der Waals surface area contributed by atoms with Crippen molar-refractivity contribution in [2.24, 2.45) is 0 Å². The van der Waals surface area contributed by atoms with Crippen LogP contribution in [0, 0.1) is 18.6 Å². The van der Waals surface area contributed by atoms with E-state index in [9.17, 15) is 13.6 Å². The van der Waals surface area contributed by atoms with Crippen LogP contribution < -0.4 is 10.6 Å². The number of hydrogen-bond donors (Lipinski definition) is 2. The minimum absolute atomic E-state index is 0.153. The minimum Gasteiger partial charge on any atom is -0.381 e. The Balaban J connectivity index is 2.11. The van der Waals surface area contributed by atoms with E-state index < -0.39 is 11.6 Å². The van der Waals surface area contributed by atoms with Crippen LogP contribution in [0.15, 0.2) is 36.4 Å². The Morgan fingerprint density at radius 3 is 2.57 bits per heavy atom. The molecule has 0 aromatic heterocycles. The smallest absolute Gasteiger partial charge is 0.221 e. The zero-order valence-electron chi connectivity index (χ0n) is 11.8. The molecule has 0 saturated heterocycles. The van der Waals surface area contributed by atoms with Crippen LogP contribution in [0.2, 0.25) is 0 Å². The molecule has 0 radical (unpaired) electrons. The summed E-state index contributed by atoms with van der Waals surface area (Å²) < 4.78 is 26.4. The molecule has 3 nitrogen and oxygen atoms in total. The van der Waals surface area contributed by atoms with E-state index in [2.05, 4.69) is 10.6 Å². The van der Waals surface area contributed by atoms with Crippen molar-refractivity contribution >= 4 is 17.3 Å². The summed E-state index contributed by atoms with van der Waals surface area (Å²) in [6.07, 6.45) is 0. The van der Waals surface area contributed by atoms with Crippen molar-refractivity contribution in [2.45, 2.75) is 20.4 Å². The van der Waals surface area contributed by atoms with E-state index in [1.54, 1.807) is 6.07 Å². The second kappa shape index (κ2) is 6.35. The van der Waals surface area contributed by atoms with Crippen LogP contribution in [0.25, 0.3) is 0 Å². The molecule has 21 heavy (non-hydrogen) atoms. The van der Waals surface area contributed by atoms with Gasteiger partial charge in [-0.25, -0.2) is 8.78 Å². The van der Waals surface area contributed by atoms with E-state index in [-0.39, 0.29) is 12.5 Å². The zero-order chi connectivity index (χ0) is 15.4. The Hall–Kier alpha value is -2.43. The number of carbonyl (C=O) groups excluding carboxylic acids is 1. The Morgan fingerprint density at radius 2 is 1.90 bits per heavy atom. The summed E-state index contributed by atoms with van der Waals surface area (Å²) in [4.78, 5) is 11.1. The van der Waals surface area contributed by atoms with Gasteiger partial charge in [0, 0.05) is 36.5 Å². The van der Waals surface area contributed by atoms with Crippen LogP contribution in [0.5, 0.6) is 0 Å². The first-order valence-corrected chi connectivity index (χ1v) is 6.52. The fourth-order valence-electron chi connectivity index (χ4n) is 1.92. The van der Waals surface area contributed by atoms with Crippen molar-refractivity contribution in [3.63, 3.8) is 0 Å². The zero-order valence-corrected chi connectivity index (χ0v) is 11.8. The Bertz CT molecular complexity index is 671. The highest BCUT2D eigenvalue weighted by atomic mass is 19.1. The third-order valence-electron chi connectivity index (χ3n) is 3.05. The molecule has 0 fully saturated rings. The third kappa shape index (κ3) is 4.02. The molecule has 2 aromatic rings. The highest BCUT2D eigenvalue weighted by Gasteiger charge is 2.05. The number of nitrogens with one attached hydrogen (secondary N) is 2. The second-order valence-corrected chi connectivity index (χ2v) is 4.80. The summed E-state index contributed by atoms with van der Waals surface area (Å²) in [6.45, 7) is 3.55. The van der Waals surface area contributed by atoms with E-state index in [4.69, 9.17) is 0 Å². The number of halogens is 2. The van der Waals surface area contributed by atoms with Crippen molar-refractivity contribution in [1.82, 2.24) is 0 Å². The van der Waals surface area contributed by atoms with Crippen molar-refractivity contribution in [1.29, 1.82) is 0 Å². The lowest BCUT2D eigenvalue weighted by Gasteiger charge is -2.11. The van der Waals surface area contributed by atoms with E-state index >= 15 is 0 Å². The standard InChI is InChI=1S/C16H16F2N2O/c1-10-3-6-14(8-16(10)20-11(2)21)19-9-12-4-5-13(17)7-15(12)18/h3-8,19H,9H2,1-2H3,(H,20,21). The monoisotopic (exact) mass is 290 g/mol. The summed E-state index contributed by atoms with van der Waals surface area (Å²) in [5.41, 5.74) is 2.75. The van der Waals surface area contributed by atoms with Gasteiger partial charge in [-0.3, -0.25) is 4.79 Å². The molecule has 0 saturated carbocycles. The largest absolute Gasteiger partial charge is 0.381 e. The molecule has 0 aliphatic rings. The summed E-state index contributed by atoms with van der Waals surface area (Å²) >= 11 is 0. The van der Waals surface area contributed by atoms with Gasteiger partial charge in [0.2, 0.25) is 5.91 Å². The number of anilines is 2. The van der Waals surface area contributed by atoms with Gasteiger partial charge in [0.25, 0.3) is 0 Å². The molecule has 5 heteroatoms. The van der Waals surface area contributed by atoms with Crippen LogP contribution >= 0.6 is 0 Å². The lowest BCUT2D eigenvalue weighted by molar-refractivity contribution is -0.114. The molecule has 0 atom stereocenters. The molecule has 0 spiro atoms. The SMILES string of the molecule is CC(=O)Nc1cc(NCc2ccc(F)cc2F)ccc1C. The average molecular weight is 290 g/mol. The van der Waals surface area contributed by atoms with Gasteiger partial charge >= 0.3 is 0 Å². The van der Waals surface area contributed by atoms with E-state index in [0.717, 1.165) is 17.3 Å². The molecule has 0 aliphatic carbocycles. The van der Waals surface area contributed by atoms with Crippen LogP contribution in [-0.2, 0) is 11.3 Å². The van der Waals surface area contributed by atoms with Crippen molar-refractivity contribution in [3.8, 4) is 0 Å². The molecule has 0 bridgehead atoms. The second-order valence-electron chi connectivity index (χ2n) is 4.80. The van der Waals surface area contributed by atoms with Crippen LogP contribution in [-0.4, -0.2) is 5.91 Å². The third-order valence-corrected chi connectivity index (χ3v) is 3.05. The number of amides is 1. The van der Waals surface area contributed by atoms with Crippen molar-refractivity contribution < 1.29 is 13.6 Å². The predicted molar refractivity (Wildman–Crippen MR) is 79.2 cm³/mol. The fraction of sp³-hybridized carbons (Fsp3) is 0.188. The number of aryl methyl sites for hydroxylation is 1. The Morgan fingerprint density at radius 1 is 1.14 bits per heavy atom. The van der Waals surface area contributed by atoms with E-state index in [1.165, 1.54) is 19.1 Å². The quantitative estimate of drug-likeness (QED) is 0.898.